The Morgan fingerprint density at radius 2 is 0.756 bits per heavy atom. The molecule has 3 heterocycles. The summed E-state index contributed by atoms with van der Waals surface area (Å²) in [5, 5.41) is 4.36. The lowest BCUT2D eigenvalue weighted by Crippen LogP contribution is -2.13. The normalized spacial score (nSPS) is 14.2. The Labute approximate surface area is 455 Å². The first kappa shape index (κ1) is 50.1. The Hall–Kier alpha value is -8.70. The second-order valence-corrected chi connectivity index (χ2v) is 19.6. The van der Waals surface area contributed by atoms with Crippen LogP contribution in [0.1, 0.15) is 55.9 Å². The molecule has 10 heteroatoms. The summed E-state index contributed by atoms with van der Waals surface area (Å²) in [4.78, 5) is 9.21. The van der Waals surface area contributed by atoms with E-state index in [1.54, 1.807) is 12.4 Å². The third-order valence-corrected chi connectivity index (χ3v) is 14.2. The van der Waals surface area contributed by atoms with Gasteiger partial charge in [-0.1, -0.05) is 121 Å². The lowest BCUT2D eigenvalue weighted by Gasteiger charge is -2.21. The highest BCUT2D eigenvalue weighted by Crippen LogP contribution is 2.46. The molecular formula is C68H60N2O8. The van der Waals surface area contributed by atoms with Crippen LogP contribution >= 0.6 is 0 Å². The molecule has 0 fully saturated rings. The fraction of sp³-hybridized carbons (Fsp3) is 0.206. The second-order valence-electron chi connectivity index (χ2n) is 19.6. The average Bonchev–Trinajstić information content (AvgIpc) is 3.59. The summed E-state index contributed by atoms with van der Waals surface area (Å²) in [5.41, 5.74) is 12.3. The van der Waals surface area contributed by atoms with Gasteiger partial charge in [-0.3, -0.25) is 9.97 Å². The zero-order valence-corrected chi connectivity index (χ0v) is 43.5. The Morgan fingerprint density at radius 3 is 1.21 bits per heavy atom. The lowest BCUT2D eigenvalue weighted by molar-refractivity contribution is 0.0762. The van der Waals surface area contributed by atoms with Crippen LogP contribution in [0.2, 0.25) is 0 Å². The second kappa shape index (κ2) is 24.1. The van der Waals surface area contributed by atoms with Crippen LogP contribution in [-0.2, 0) is 48.4 Å². The Balaban J connectivity index is 0.896. The quantitative estimate of drug-likeness (QED) is 0.160. The van der Waals surface area contributed by atoms with Crippen molar-refractivity contribution in [3.8, 4) is 45.6 Å². The maximum atomic E-state index is 6.85. The van der Waals surface area contributed by atoms with Gasteiger partial charge in [-0.15, -0.1) is 0 Å². The van der Waals surface area contributed by atoms with Crippen molar-refractivity contribution in [3.05, 3.63) is 250 Å². The van der Waals surface area contributed by atoms with Crippen LogP contribution < -0.4 is 28.4 Å². The predicted molar refractivity (Wildman–Crippen MR) is 305 cm³/mol. The molecular weight excluding hydrogens is 973 g/mol. The van der Waals surface area contributed by atoms with Crippen LogP contribution in [-0.4, -0.2) is 62.8 Å². The molecule has 78 heavy (non-hydrogen) atoms. The lowest BCUT2D eigenvalue weighted by atomic mass is 9.92. The molecule has 12 rings (SSSR count). The standard InChI is InChI=1S/C68H60N2O8/c1-3-19-61-51(11-1)21-23-63-65(61)66-62-20-4-2-12-52(62)22-24-64(66)76-34-30-72-28-32-74-60-41-48-35-47-36-49(42-59(40-47)73-31-27-71-29-33-75-63)38-53-13-9-15-55(67(53)77-45-57-17-5-7-25-69-57)44-56-16-10-14-54(39-50(37-48)43-60)68(56)78-46-58-18-6-8-26-70-58/h1-26,36-37,40-43H,27-35,38-39,44-46H2. The first-order chi connectivity index (χ1) is 38.6. The molecule has 0 radical (unpaired) electrons. The number of rotatable bonds is 6. The van der Waals surface area contributed by atoms with E-state index in [0.717, 1.165) is 123 Å². The van der Waals surface area contributed by atoms with E-state index < -0.39 is 0 Å². The molecule has 0 atom stereocenters. The van der Waals surface area contributed by atoms with Crippen molar-refractivity contribution in [2.75, 3.05) is 52.9 Å². The number of pyridine rings is 2. The van der Waals surface area contributed by atoms with Crippen molar-refractivity contribution in [2.24, 2.45) is 0 Å². The first-order valence-corrected chi connectivity index (χ1v) is 26.9. The van der Waals surface area contributed by atoms with Gasteiger partial charge in [0.2, 0.25) is 0 Å². The number of hydrogen-bond donors (Lipinski definition) is 0. The molecule has 0 N–H and O–H groups in total. The zero-order chi connectivity index (χ0) is 52.3. The number of hydrogen-bond acceptors (Lipinski definition) is 10. The topological polar surface area (TPSA) is 99.6 Å². The van der Waals surface area contributed by atoms with Gasteiger partial charge in [0.1, 0.15) is 74.1 Å². The van der Waals surface area contributed by atoms with Gasteiger partial charge in [0.15, 0.2) is 0 Å². The minimum atomic E-state index is 0.321. The molecule has 0 saturated carbocycles. The molecule has 1 aliphatic heterocycles. The number of aromatic nitrogens is 2. The number of nitrogens with zero attached hydrogens (tertiary/aromatic N) is 2. The highest BCUT2D eigenvalue weighted by Gasteiger charge is 2.22. The SMILES string of the molecule is c1ccc(COc2c3cccc2Cc2cccc(c2OCc2ccccn2)Cc2cc4cc(c2)OCCOCCOc2ccc5ccccc5c2-c2c(ccc5ccccc25)OCCOCCOc2cc(cc(c2)C3)C4)nc1. The van der Waals surface area contributed by atoms with Crippen LogP contribution in [0.4, 0.5) is 0 Å². The van der Waals surface area contributed by atoms with Crippen molar-refractivity contribution in [1.82, 2.24) is 9.97 Å². The molecule has 0 unspecified atom stereocenters. The minimum absolute atomic E-state index is 0.321. The highest BCUT2D eigenvalue weighted by molar-refractivity contribution is 6.09. The molecule has 0 amide bonds. The maximum Gasteiger partial charge on any atom is 0.130 e. The molecule has 2 aliphatic rings. The molecule has 10 aromatic rings. The van der Waals surface area contributed by atoms with E-state index in [9.17, 15) is 0 Å². The van der Waals surface area contributed by atoms with Crippen LogP contribution in [0, 0.1) is 0 Å². The zero-order valence-electron chi connectivity index (χ0n) is 43.5. The number of para-hydroxylation sites is 2. The van der Waals surface area contributed by atoms with Crippen molar-refractivity contribution < 1.29 is 37.9 Å². The number of benzene rings is 8. The van der Waals surface area contributed by atoms with Gasteiger partial charge in [-0.05, 0) is 133 Å². The molecule has 1 aliphatic carbocycles. The van der Waals surface area contributed by atoms with Crippen molar-refractivity contribution in [3.63, 3.8) is 0 Å². The molecule has 390 valence electrons. The smallest absolute Gasteiger partial charge is 0.130 e. The molecule has 0 spiro atoms. The summed E-state index contributed by atoms with van der Waals surface area (Å²) in [5.74, 6) is 4.71. The first-order valence-electron chi connectivity index (χ1n) is 26.9. The molecule has 10 bridgehead atoms. The predicted octanol–water partition coefficient (Wildman–Crippen LogP) is 13.5. The maximum absolute atomic E-state index is 6.85. The van der Waals surface area contributed by atoms with E-state index in [1.807, 2.05) is 36.4 Å². The Morgan fingerprint density at radius 1 is 0.346 bits per heavy atom. The van der Waals surface area contributed by atoms with Gasteiger partial charge in [-0.2, -0.15) is 0 Å². The minimum Gasteiger partial charge on any atom is -0.491 e. The Bertz CT molecular complexity index is 3440. The average molecular weight is 1030 g/mol. The van der Waals surface area contributed by atoms with Gasteiger partial charge < -0.3 is 37.9 Å². The van der Waals surface area contributed by atoms with Crippen molar-refractivity contribution >= 4 is 21.5 Å². The largest absolute Gasteiger partial charge is 0.491 e. The van der Waals surface area contributed by atoms with Crippen molar-refractivity contribution in [2.45, 2.75) is 38.9 Å². The summed E-state index contributed by atoms with van der Waals surface area (Å²) >= 11 is 0. The van der Waals surface area contributed by atoms with Crippen molar-refractivity contribution in [1.29, 1.82) is 0 Å². The fourth-order valence-corrected chi connectivity index (χ4v) is 10.7. The van der Waals surface area contributed by atoms with E-state index in [1.165, 1.54) is 0 Å². The van der Waals surface area contributed by atoms with E-state index in [0.29, 0.717) is 91.8 Å². The van der Waals surface area contributed by atoms with Crippen LogP contribution in [0.3, 0.4) is 0 Å². The molecule has 2 aromatic heterocycles. The summed E-state index contributed by atoms with van der Waals surface area (Å²) < 4.78 is 52.6. The van der Waals surface area contributed by atoms with Gasteiger partial charge in [0, 0.05) is 42.8 Å². The van der Waals surface area contributed by atoms with E-state index in [4.69, 9.17) is 37.9 Å². The van der Waals surface area contributed by atoms with Crippen LogP contribution in [0.5, 0.6) is 34.5 Å². The van der Waals surface area contributed by atoms with E-state index in [-0.39, 0.29) is 0 Å². The van der Waals surface area contributed by atoms with Gasteiger partial charge in [0.25, 0.3) is 0 Å². The third kappa shape index (κ3) is 12.0. The molecule has 8 aromatic carbocycles. The summed E-state index contributed by atoms with van der Waals surface area (Å²) in [6, 6.07) is 63.0. The van der Waals surface area contributed by atoms with E-state index in [2.05, 4.69) is 156 Å². The van der Waals surface area contributed by atoms with E-state index >= 15 is 0 Å². The number of fused-ring (bicyclic) bond motifs is 15. The number of ether oxygens (including phenoxy) is 8. The molecule has 10 nitrogen and oxygen atoms in total. The Kier molecular flexibility index (Phi) is 15.5. The monoisotopic (exact) mass is 1030 g/mol. The summed E-state index contributed by atoms with van der Waals surface area (Å²) in [6.07, 6.45) is 6.01. The summed E-state index contributed by atoms with van der Waals surface area (Å²) in [7, 11) is 0. The highest BCUT2D eigenvalue weighted by atomic mass is 16.6. The van der Waals surface area contributed by atoms with Crippen LogP contribution in [0.25, 0.3) is 32.7 Å². The van der Waals surface area contributed by atoms with Gasteiger partial charge in [0.05, 0.1) is 37.8 Å². The van der Waals surface area contributed by atoms with Gasteiger partial charge >= 0.3 is 0 Å². The van der Waals surface area contributed by atoms with Gasteiger partial charge in [-0.25, -0.2) is 0 Å². The van der Waals surface area contributed by atoms with Crippen LogP contribution in [0.15, 0.2) is 194 Å². The fourth-order valence-electron chi connectivity index (χ4n) is 10.7. The molecule has 0 saturated heterocycles. The summed E-state index contributed by atoms with van der Waals surface area (Å²) in [6.45, 7) is 3.53. The third-order valence-electron chi connectivity index (χ3n) is 14.2.